The molecule has 1 amide bonds. The van der Waals surface area contributed by atoms with E-state index in [1.807, 2.05) is 25.7 Å². The fraction of sp³-hybridized carbons (Fsp3) is 0.550. The molecule has 2 atom stereocenters. The van der Waals surface area contributed by atoms with Crippen molar-refractivity contribution in [1.82, 2.24) is 14.9 Å². The molecule has 2 fully saturated rings. The summed E-state index contributed by atoms with van der Waals surface area (Å²) in [5, 5.41) is 0.133. The third-order valence-corrected chi connectivity index (χ3v) is 6.15. The molecule has 2 aliphatic heterocycles. The molecule has 2 aromatic rings. The first kappa shape index (κ1) is 17.1. The number of nitrogens with zero attached hydrogens (tertiary/aromatic N) is 4. The molecule has 0 aliphatic carbocycles. The second-order valence-corrected chi connectivity index (χ2v) is 9.57. The van der Waals surface area contributed by atoms with Gasteiger partial charge in [0, 0.05) is 22.6 Å². The Labute approximate surface area is 186 Å². The van der Waals surface area contributed by atoms with Crippen molar-refractivity contribution in [2.24, 2.45) is 0 Å². The Morgan fingerprint density at radius 2 is 2.00 bits per heavy atom. The summed E-state index contributed by atoms with van der Waals surface area (Å²) in [6.45, 7) is 3.84. The van der Waals surface area contributed by atoms with Crippen LogP contribution in [-0.4, -0.2) is 51.7 Å². The number of amides is 1. The van der Waals surface area contributed by atoms with E-state index in [1.54, 1.807) is 4.90 Å². The number of piperazine rings is 1. The van der Waals surface area contributed by atoms with E-state index in [-0.39, 0.29) is 44.4 Å². The molecule has 156 valence electrons. The Bertz CT molecular complexity index is 1080. The monoisotopic (exact) mass is 487 g/mol. The lowest BCUT2D eigenvalue weighted by Gasteiger charge is -2.42. The zero-order valence-corrected chi connectivity index (χ0v) is 18.6. The maximum absolute atomic E-state index is 15.1. The van der Waals surface area contributed by atoms with Crippen molar-refractivity contribution in [3.63, 3.8) is 0 Å². The second-order valence-electron chi connectivity index (χ2n) is 8.44. The van der Waals surface area contributed by atoms with Gasteiger partial charge >= 0.3 is 6.09 Å². The molecule has 4 rings (SSSR count). The van der Waals surface area contributed by atoms with E-state index in [1.165, 1.54) is 6.07 Å². The summed E-state index contributed by atoms with van der Waals surface area (Å²) in [5.41, 5.74) is -0.812. The standard InChI is InChI=1S/C20H23BrClFN4O2/c1-10-7-13-16(15(23)14(10)21)24-18(22)25-17(13)26-8-11-5-6-12(9-26)27(11)19(28)29-20(2,3)4/h7,11-12H,5-6,8-9H2,1-4H3/t11-,12+/i1D3. The summed E-state index contributed by atoms with van der Waals surface area (Å²) in [6, 6.07) is 1.19. The van der Waals surface area contributed by atoms with Gasteiger partial charge in [0.15, 0.2) is 5.82 Å². The quantitative estimate of drug-likeness (QED) is 0.524. The molecule has 3 heterocycles. The molecule has 2 bridgehead atoms. The number of carbonyl (C=O) groups is 1. The van der Waals surface area contributed by atoms with Crippen molar-refractivity contribution < 1.29 is 18.0 Å². The molecular weight excluding hydrogens is 463 g/mol. The lowest BCUT2D eigenvalue weighted by Crippen LogP contribution is -2.57. The van der Waals surface area contributed by atoms with Crippen LogP contribution in [0.2, 0.25) is 5.28 Å². The van der Waals surface area contributed by atoms with Crippen LogP contribution in [0.4, 0.5) is 15.0 Å². The first-order valence-electron chi connectivity index (χ1n) is 10.9. The summed E-state index contributed by atoms with van der Waals surface area (Å²) >= 11 is 9.16. The maximum atomic E-state index is 15.1. The normalized spacial score (nSPS) is 23.7. The summed E-state index contributed by atoms with van der Waals surface area (Å²) in [6.07, 6.45) is 1.25. The Hall–Kier alpha value is -1.67. The van der Waals surface area contributed by atoms with Crippen molar-refractivity contribution in [2.75, 3.05) is 18.0 Å². The Balaban J connectivity index is 1.74. The minimum absolute atomic E-state index is 0.0539. The molecule has 29 heavy (non-hydrogen) atoms. The molecule has 1 aromatic heterocycles. The summed E-state index contributed by atoms with van der Waals surface area (Å²) in [4.78, 5) is 24.8. The van der Waals surface area contributed by atoms with Crippen LogP contribution >= 0.6 is 27.5 Å². The van der Waals surface area contributed by atoms with Crippen LogP contribution < -0.4 is 4.90 Å². The van der Waals surface area contributed by atoms with Gasteiger partial charge in [0.05, 0.1) is 16.6 Å². The molecular formula is C20H23BrClFN4O2. The summed E-state index contributed by atoms with van der Waals surface area (Å²) in [5.74, 6) is -0.438. The third-order valence-electron chi connectivity index (χ3n) is 5.21. The number of halogens is 3. The highest BCUT2D eigenvalue weighted by molar-refractivity contribution is 9.10. The van der Waals surface area contributed by atoms with E-state index < -0.39 is 18.3 Å². The minimum atomic E-state index is -2.53. The van der Waals surface area contributed by atoms with Gasteiger partial charge in [-0.25, -0.2) is 14.2 Å². The summed E-state index contributed by atoms with van der Waals surface area (Å²) in [7, 11) is 0. The number of benzene rings is 1. The molecule has 0 unspecified atom stereocenters. The average Bonchev–Trinajstić information content (AvgIpc) is 2.92. The Morgan fingerprint density at radius 1 is 1.34 bits per heavy atom. The number of carbonyl (C=O) groups excluding carboxylic acids is 1. The zero-order chi connectivity index (χ0) is 23.6. The fourth-order valence-corrected chi connectivity index (χ4v) is 4.56. The lowest BCUT2D eigenvalue weighted by atomic mass is 10.1. The summed E-state index contributed by atoms with van der Waals surface area (Å²) < 4.78 is 43.8. The van der Waals surface area contributed by atoms with Crippen LogP contribution in [0.5, 0.6) is 0 Å². The van der Waals surface area contributed by atoms with Crippen LogP contribution in [0, 0.1) is 12.7 Å². The number of aryl methyl sites for hydroxylation is 1. The van der Waals surface area contributed by atoms with E-state index in [0.717, 1.165) is 12.8 Å². The van der Waals surface area contributed by atoms with Crippen LogP contribution in [0.1, 0.15) is 43.3 Å². The van der Waals surface area contributed by atoms with E-state index in [9.17, 15) is 4.79 Å². The Morgan fingerprint density at radius 3 is 2.59 bits per heavy atom. The van der Waals surface area contributed by atoms with Gasteiger partial charge in [0.25, 0.3) is 0 Å². The number of anilines is 1. The predicted octanol–water partition coefficient (Wildman–Crippen LogP) is 5.08. The molecule has 0 saturated carbocycles. The largest absolute Gasteiger partial charge is 0.444 e. The molecule has 2 aliphatic rings. The third kappa shape index (κ3) is 3.77. The number of fused-ring (bicyclic) bond motifs is 3. The van der Waals surface area contributed by atoms with Crippen LogP contribution in [-0.2, 0) is 4.74 Å². The zero-order valence-electron chi connectivity index (χ0n) is 19.3. The minimum Gasteiger partial charge on any atom is -0.444 e. The van der Waals surface area contributed by atoms with Gasteiger partial charge in [-0.05, 0) is 79.6 Å². The van der Waals surface area contributed by atoms with E-state index >= 15 is 4.39 Å². The van der Waals surface area contributed by atoms with Crippen molar-refractivity contribution in [3.05, 3.63) is 27.2 Å². The topological polar surface area (TPSA) is 58.6 Å². The second kappa shape index (κ2) is 7.23. The van der Waals surface area contributed by atoms with Gasteiger partial charge in [-0.1, -0.05) is 0 Å². The first-order chi connectivity index (χ1) is 14.8. The highest BCUT2D eigenvalue weighted by Crippen LogP contribution is 2.38. The molecule has 2 saturated heterocycles. The van der Waals surface area contributed by atoms with Crippen molar-refractivity contribution in [1.29, 1.82) is 0 Å². The van der Waals surface area contributed by atoms with Gasteiger partial charge in [-0.2, -0.15) is 4.98 Å². The van der Waals surface area contributed by atoms with Gasteiger partial charge < -0.3 is 9.64 Å². The fourth-order valence-electron chi connectivity index (χ4n) is 4.09. The number of hydrogen-bond donors (Lipinski definition) is 0. The van der Waals surface area contributed by atoms with Crippen molar-refractivity contribution in [3.8, 4) is 0 Å². The number of rotatable bonds is 1. The number of hydrogen-bond acceptors (Lipinski definition) is 5. The molecule has 0 radical (unpaired) electrons. The van der Waals surface area contributed by atoms with E-state index in [4.69, 9.17) is 20.5 Å². The predicted molar refractivity (Wildman–Crippen MR) is 114 cm³/mol. The average molecular weight is 489 g/mol. The highest BCUT2D eigenvalue weighted by atomic mass is 79.9. The van der Waals surface area contributed by atoms with Crippen molar-refractivity contribution in [2.45, 2.75) is 58.1 Å². The van der Waals surface area contributed by atoms with Crippen LogP contribution in [0.25, 0.3) is 10.9 Å². The van der Waals surface area contributed by atoms with Gasteiger partial charge in [0.1, 0.15) is 16.9 Å². The first-order valence-corrected chi connectivity index (χ1v) is 10.6. The van der Waals surface area contributed by atoms with Crippen molar-refractivity contribution >= 4 is 50.3 Å². The van der Waals surface area contributed by atoms with Crippen LogP contribution in [0.3, 0.4) is 0 Å². The highest BCUT2D eigenvalue weighted by Gasteiger charge is 2.45. The van der Waals surface area contributed by atoms with E-state index in [2.05, 4.69) is 25.9 Å². The Kier molecular flexibility index (Phi) is 4.25. The molecule has 9 heteroatoms. The smallest absolute Gasteiger partial charge is 0.410 e. The molecule has 6 nitrogen and oxygen atoms in total. The SMILES string of the molecule is [2H]C([2H])([2H])c1cc2c(N3C[C@H]4CC[C@@H](C3)N4C(=O)OC(C)(C)C)nc(Cl)nc2c(F)c1Br. The van der Waals surface area contributed by atoms with Gasteiger partial charge in [-0.3, -0.25) is 4.90 Å². The number of aromatic nitrogens is 2. The van der Waals surface area contributed by atoms with E-state index in [0.29, 0.717) is 18.9 Å². The van der Waals surface area contributed by atoms with Crippen LogP contribution in [0.15, 0.2) is 10.5 Å². The molecule has 0 spiro atoms. The maximum Gasteiger partial charge on any atom is 0.410 e. The molecule has 0 N–H and O–H groups in total. The lowest BCUT2D eigenvalue weighted by molar-refractivity contribution is 0.0123. The number of ether oxygens (including phenoxy) is 1. The van der Waals surface area contributed by atoms with Gasteiger partial charge in [0.2, 0.25) is 5.28 Å². The molecule has 1 aromatic carbocycles. The van der Waals surface area contributed by atoms with Gasteiger partial charge in [-0.15, -0.1) is 0 Å².